The molecule has 0 radical (unpaired) electrons. The number of thiazole rings is 1. The first kappa shape index (κ1) is 32.2. The van der Waals surface area contributed by atoms with E-state index in [1.165, 1.54) is 0 Å². The Hall–Kier alpha value is -3.69. The highest BCUT2D eigenvalue weighted by Crippen LogP contribution is 2.32. The number of rotatable bonds is 8. The van der Waals surface area contributed by atoms with Gasteiger partial charge in [-0.15, -0.1) is 13.2 Å². The molecule has 1 saturated heterocycles. The Labute approximate surface area is 251 Å². The van der Waals surface area contributed by atoms with E-state index in [2.05, 4.69) is 9.72 Å². The lowest BCUT2D eigenvalue weighted by Crippen LogP contribution is -2.58. The van der Waals surface area contributed by atoms with Crippen LogP contribution in [-0.4, -0.2) is 67.3 Å². The number of hydrogen-bond acceptors (Lipinski definition) is 10. The number of carbonyl (C=O) groups is 2. The van der Waals surface area contributed by atoms with E-state index < -0.39 is 45.7 Å². The molecule has 0 saturated carbocycles. The van der Waals surface area contributed by atoms with Crippen molar-refractivity contribution in [3.63, 3.8) is 0 Å². The Morgan fingerprint density at radius 3 is 2.28 bits per heavy atom. The normalized spacial score (nSPS) is 16.5. The fourth-order valence-electron chi connectivity index (χ4n) is 4.22. The van der Waals surface area contributed by atoms with Gasteiger partial charge in [0.1, 0.15) is 28.9 Å². The van der Waals surface area contributed by atoms with Crippen molar-refractivity contribution in [1.29, 1.82) is 0 Å². The van der Waals surface area contributed by atoms with E-state index in [9.17, 15) is 31.2 Å². The minimum Gasteiger partial charge on any atom is -0.460 e. The Bertz CT molecular complexity index is 1550. The Balaban J connectivity index is 1.60. The number of anilines is 1. The Kier molecular flexibility index (Phi) is 9.37. The predicted octanol–water partition coefficient (Wildman–Crippen LogP) is 4.93. The Morgan fingerprint density at radius 2 is 1.67 bits per heavy atom. The molecule has 0 amide bonds. The fraction of sp³-hybridized carbons (Fsp3) is 0.393. The van der Waals surface area contributed by atoms with E-state index in [0.717, 1.165) is 39.9 Å². The van der Waals surface area contributed by atoms with Gasteiger partial charge < -0.3 is 19.1 Å². The molecule has 0 bridgehead atoms. The average molecular weight is 642 g/mol. The molecule has 15 heteroatoms. The lowest BCUT2D eigenvalue weighted by atomic mass is 10.2. The summed E-state index contributed by atoms with van der Waals surface area (Å²) in [7, 11) is -4.36. The van der Waals surface area contributed by atoms with Crippen molar-refractivity contribution in [2.24, 2.45) is 0 Å². The maximum absolute atomic E-state index is 13.7. The van der Waals surface area contributed by atoms with Gasteiger partial charge in [0.05, 0.1) is 10.6 Å². The lowest BCUT2D eigenvalue weighted by Gasteiger charge is -2.39. The van der Waals surface area contributed by atoms with Crippen LogP contribution in [0, 0.1) is 6.92 Å². The van der Waals surface area contributed by atoms with Crippen LogP contribution in [0.25, 0.3) is 0 Å². The number of benzene rings is 2. The molecule has 2 heterocycles. The number of aromatic nitrogens is 1. The highest BCUT2D eigenvalue weighted by molar-refractivity contribution is 7.89. The fourth-order valence-corrected chi connectivity index (χ4v) is 6.76. The molecule has 1 aliphatic rings. The van der Waals surface area contributed by atoms with E-state index in [1.54, 1.807) is 62.9 Å². The third-order valence-corrected chi connectivity index (χ3v) is 9.25. The second-order valence-corrected chi connectivity index (χ2v) is 13.5. The summed E-state index contributed by atoms with van der Waals surface area (Å²) in [6.07, 6.45) is -4.94. The van der Waals surface area contributed by atoms with E-state index >= 15 is 0 Å². The number of ether oxygens (including phenoxy) is 3. The zero-order chi connectivity index (χ0) is 31.6. The molecule has 0 spiro atoms. The van der Waals surface area contributed by atoms with Crippen LogP contribution in [0.5, 0.6) is 5.75 Å². The van der Waals surface area contributed by atoms with Gasteiger partial charge in [0.15, 0.2) is 5.13 Å². The first-order chi connectivity index (χ1) is 20.0. The summed E-state index contributed by atoms with van der Waals surface area (Å²) in [4.78, 5) is 32.2. The molecular formula is C28H30F3N3O7S2. The maximum Gasteiger partial charge on any atom is 0.573 e. The summed E-state index contributed by atoms with van der Waals surface area (Å²) in [5.74, 6) is -1.96. The molecular weight excluding hydrogens is 611 g/mol. The van der Waals surface area contributed by atoms with Crippen LogP contribution >= 0.6 is 11.3 Å². The van der Waals surface area contributed by atoms with Crippen molar-refractivity contribution in [1.82, 2.24) is 9.29 Å². The van der Waals surface area contributed by atoms with Crippen molar-refractivity contribution in [3.8, 4) is 5.75 Å². The van der Waals surface area contributed by atoms with Gasteiger partial charge in [-0.05, 0) is 57.5 Å². The van der Waals surface area contributed by atoms with Crippen LogP contribution in [0.2, 0.25) is 0 Å². The third kappa shape index (κ3) is 8.24. The number of hydrogen-bond donors (Lipinski definition) is 0. The lowest BCUT2D eigenvalue weighted by molar-refractivity contribution is -0.274. The molecule has 1 aromatic heterocycles. The van der Waals surface area contributed by atoms with Crippen LogP contribution in [-0.2, 0) is 30.9 Å². The highest BCUT2D eigenvalue weighted by Gasteiger charge is 2.42. The number of sulfonamides is 1. The largest absolute Gasteiger partial charge is 0.573 e. The number of carbonyl (C=O) groups excluding carboxylic acids is 2. The summed E-state index contributed by atoms with van der Waals surface area (Å²) >= 11 is 1.06. The molecule has 3 aromatic rings. The second kappa shape index (κ2) is 12.5. The van der Waals surface area contributed by atoms with E-state index in [1.807, 2.05) is 0 Å². The van der Waals surface area contributed by atoms with Crippen LogP contribution in [0.4, 0.5) is 18.3 Å². The SMILES string of the molecule is Cc1nc(N2CCN(S(=O)(=O)c3ccc(OC(F)(F)F)cc3)C(C(=O)OCc3ccccc3)C2)sc1C(=O)OC(C)(C)C. The van der Waals surface area contributed by atoms with Crippen LogP contribution in [0.3, 0.4) is 0 Å². The molecule has 1 atom stereocenters. The van der Waals surface area contributed by atoms with Gasteiger partial charge in [0, 0.05) is 19.6 Å². The molecule has 232 valence electrons. The van der Waals surface area contributed by atoms with Crippen molar-refractivity contribution < 1.29 is 45.4 Å². The highest BCUT2D eigenvalue weighted by atomic mass is 32.2. The minimum atomic E-state index is -4.94. The number of nitrogens with zero attached hydrogens (tertiary/aromatic N) is 3. The van der Waals surface area contributed by atoms with Crippen molar-refractivity contribution in [2.75, 3.05) is 24.5 Å². The molecule has 2 aromatic carbocycles. The number of aryl methyl sites for hydroxylation is 1. The van der Waals surface area contributed by atoms with Crippen LogP contribution in [0.1, 0.15) is 41.7 Å². The number of piperazine rings is 1. The van der Waals surface area contributed by atoms with Gasteiger partial charge in [-0.2, -0.15) is 4.31 Å². The van der Waals surface area contributed by atoms with Gasteiger partial charge in [0.2, 0.25) is 10.0 Å². The average Bonchev–Trinajstić information content (AvgIpc) is 3.32. The molecule has 10 nitrogen and oxygen atoms in total. The maximum atomic E-state index is 13.7. The molecule has 0 N–H and O–H groups in total. The molecule has 4 rings (SSSR count). The van der Waals surface area contributed by atoms with Crippen molar-refractivity contribution >= 4 is 38.4 Å². The van der Waals surface area contributed by atoms with Gasteiger partial charge in [0.25, 0.3) is 0 Å². The summed E-state index contributed by atoms with van der Waals surface area (Å²) in [6, 6.07) is 11.2. The minimum absolute atomic E-state index is 0.104. The van der Waals surface area contributed by atoms with Crippen molar-refractivity contribution in [2.45, 2.75) is 57.2 Å². The zero-order valence-electron chi connectivity index (χ0n) is 23.8. The Morgan fingerprint density at radius 1 is 1.02 bits per heavy atom. The molecule has 1 unspecified atom stereocenters. The summed E-state index contributed by atoms with van der Waals surface area (Å²) in [5, 5.41) is 0.393. The quantitative estimate of drug-likeness (QED) is 0.316. The number of esters is 2. The number of alkyl halides is 3. The van der Waals surface area contributed by atoms with Gasteiger partial charge in [-0.3, -0.25) is 4.79 Å². The third-order valence-electron chi connectivity index (χ3n) is 6.13. The van der Waals surface area contributed by atoms with Gasteiger partial charge in [-0.1, -0.05) is 41.7 Å². The topological polar surface area (TPSA) is 115 Å². The number of halogens is 3. The van der Waals surface area contributed by atoms with Gasteiger partial charge in [-0.25, -0.2) is 18.2 Å². The second-order valence-electron chi connectivity index (χ2n) is 10.6. The molecule has 1 fully saturated rings. The summed E-state index contributed by atoms with van der Waals surface area (Å²) in [6.45, 7) is 6.55. The first-order valence-corrected chi connectivity index (χ1v) is 15.3. The van der Waals surface area contributed by atoms with E-state index in [-0.39, 0.29) is 36.0 Å². The monoisotopic (exact) mass is 641 g/mol. The summed E-state index contributed by atoms with van der Waals surface area (Å²) in [5.41, 5.74) is 0.391. The van der Waals surface area contributed by atoms with Crippen LogP contribution in [0.15, 0.2) is 59.5 Å². The molecule has 0 aliphatic carbocycles. The molecule has 43 heavy (non-hydrogen) atoms. The smallest absolute Gasteiger partial charge is 0.460 e. The van der Waals surface area contributed by atoms with Crippen molar-refractivity contribution in [3.05, 3.63) is 70.7 Å². The predicted molar refractivity (Wildman–Crippen MR) is 151 cm³/mol. The van der Waals surface area contributed by atoms with E-state index in [4.69, 9.17) is 9.47 Å². The molecule has 1 aliphatic heterocycles. The van der Waals surface area contributed by atoms with E-state index in [0.29, 0.717) is 16.4 Å². The summed E-state index contributed by atoms with van der Waals surface area (Å²) < 4.78 is 80.8. The van der Waals surface area contributed by atoms with Crippen LogP contribution < -0.4 is 9.64 Å². The zero-order valence-corrected chi connectivity index (χ0v) is 25.4. The van der Waals surface area contributed by atoms with Gasteiger partial charge >= 0.3 is 18.3 Å². The first-order valence-electron chi connectivity index (χ1n) is 13.1. The standard InChI is InChI=1S/C28H30F3N3O7S2/c1-18-23(25(36)41-27(2,3)4)42-26(32-18)33-14-15-34(22(16-33)24(35)39-17-19-8-6-5-7-9-19)43(37,38)21-12-10-20(11-13-21)40-28(29,30)31/h5-13,22H,14-17H2,1-4H3.